The molecule has 1 unspecified atom stereocenters. The summed E-state index contributed by atoms with van der Waals surface area (Å²) in [6.45, 7) is 0.291. The number of hydrogen-bond donors (Lipinski definition) is 0. The van der Waals surface area contributed by atoms with Crippen LogP contribution in [0.2, 0.25) is 0 Å². The van der Waals surface area contributed by atoms with Crippen molar-refractivity contribution < 1.29 is 13.5 Å². The highest BCUT2D eigenvalue weighted by molar-refractivity contribution is 5.39. The summed E-state index contributed by atoms with van der Waals surface area (Å²) >= 11 is 0. The molecule has 0 aromatic heterocycles. The van der Waals surface area contributed by atoms with Crippen molar-refractivity contribution in [2.45, 2.75) is 12.5 Å². The van der Waals surface area contributed by atoms with Gasteiger partial charge in [0, 0.05) is 22.6 Å². The second-order valence-electron chi connectivity index (χ2n) is 3.16. The lowest BCUT2D eigenvalue weighted by molar-refractivity contribution is 0.262. The fourth-order valence-electron chi connectivity index (χ4n) is 1.61. The van der Waals surface area contributed by atoms with Crippen molar-refractivity contribution in [2.24, 2.45) is 5.11 Å². The Bertz CT molecular complexity index is 443. The van der Waals surface area contributed by atoms with Gasteiger partial charge in [0.05, 0.1) is 12.6 Å². The molecular formula is C9H7F2N3O. The van der Waals surface area contributed by atoms with Crippen LogP contribution in [0.25, 0.3) is 10.4 Å². The van der Waals surface area contributed by atoms with Crippen molar-refractivity contribution in [1.82, 2.24) is 0 Å². The van der Waals surface area contributed by atoms with Crippen molar-refractivity contribution in [3.8, 4) is 5.75 Å². The molecule has 78 valence electrons. The van der Waals surface area contributed by atoms with Gasteiger partial charge in [0.1, 0.15) is 17.4 Å². The number of nitrogens with zero attached hydrogens (tertiary/aromatic N) is 3. The quantitative estimate of drug-likeness (QED) is 0.400. The molecule has 0 saturated carbocycles. The molecule has 15 heavy (non-hydrogen) atoms. The van der Waals surface area contributed by atoms with Gasteiger partial charge in [0.25, 0.3) is 0 Å². The van der Waals surface area contributed by atoms with Crippen LogP contribution < -0.4 is 4.74 Å². The van der Waals surface area contributed by atoms with Crippen LogP contribution in [-0.4, -0.2) is 6.61 Å². The molecule has 1 aromatic rings. The molecule has 4 nitrogen and oxygen atoms in total. The summed E-state index contributed by atoms with van der Waals surface area (Å²) in [5.74, 6) is -1.31. The summed E-state index contributed by atoms with van der Waals surface area (Å²) in [4.78, 5) is 2.63. The van der Waals surface area contributed by atoms with E-state index < -0.39 is 17.7 Å². The van der Waals surface area contributed by atoms with E-state index in [-0.39, 0.29) is 11.3 Å². The summed E-state index contributed by atoms with van der Waals surface area (Å²) in [6, 6.07) is 1.24. The maximum atomic E-state index is 13.4. The normalized spacial score (nSPS) is 18.7. The molecule has 0 aliphatic carbocycles. The highest BCUT2D eigenvalue weighted by atomic mass is 19.1. The van der Waals surface area contributed by atoms with Gasteiger partial charge in [0.15, 0.2) is 0 Å². The van der Waals surface area contributed by atoms with Gasteiger partial charge in [-0.15, -0.1) is 0 Å². The summed E-state index contributed by atoms with van der Waals surface area (Å²) in [6.07, 6.45) is 0.402. The number of ether oxygens (including phenoxy) is 1. The number of rotatable bonds is 1. The number of fused-ring (bicyclic) bond motifs is 1. The lowest BCUT2D eigenvalue weighted by Gasteiger charge is -2.22. The van der Waals surface area contributed by atoms with Crippen LogP contribution >= 0.6 is 0 Å². The summed E-state index contributed by atoms with van der Waals surface area (Å²) < 4.78 is 31.3. The van der Waals surface area contributed by atoms with E-state index in [1.54, 1.807) is 0 Å². The molecule has 0 saturated heterocycles. The molecule has 6 heteroatoms. The highest BCUT2D eigenvalue weighted by Gasteiger charge is 2.25. The Hall–Kier alpha value is -1.81. The van der Waals surface area contributed by atoms with Crippen molar-refractivity contribution in [3.63, 3.8) is 0 Å². The predicted molar refractivity (Wildman–Crippen MR) is 48.4 cm³/mol. The Kier molecular flexibility index (Phi) is 2.43. The van der Waals surface area contributed by atoms with Gasteiger partial charge in [-0.1, -0.05) is 5.11 Å². The first kappa shape index (κ1) is 9.73. The first-order valence-corrected chi connectivity index (χ1v) is 4.38. The van der Waals surface area contributed by atoms with E-state index in [0.717, 1.165) is 12.1 Å². The second kappa shape index (κ2) is 3.74. The smallest absolute Gasteiger partial charge is 0.133 e. The largest absolute Gasteiger partial charge is 0.493 e. The van der Waals surface area contributed by atoms with Crippen LogP contribution in [0.3, 0.4) is 0 Å². The predicted octanol–water partition coefficient (Wildman–Crippen LogP) is 3.10. The number of halogens is 2. The molecular weight excluding hydrogens is 204 g/mol. The molecule has 1 heterocycles. The Morgan fingerprint density at radius 3 is 3.00 bits per heavy atom. The van der Waals surface area contributed by atoms with Gasteiger partial charge in [0.2, 0.25) is 0 Å². The van der Waals surface area contributed by atoms with Crippen molar-refractivity contribution in [1.29, 1.82) is 0 Å². The molecule has 0 bridgehead atoms. The fourth-order valence-corrected chi connectivity index (χ4v) is 1.61. The molecule has 0 radical (unpaired) electrons. The maximum absolute atomic E-state index is 13.4. The third-order valence-electron chi connectivity index (χ3n) is 2.23. The molecule has 0 N–H and O–H groups in total. The van der Waals surface area contributed by atoms with Gasteiger partial charge < -0.3 is 4.74 Å². The summed E-state index contributed by atoms with van der Waals surface area (Å²) in [5, 5.41) is 3.45. The molecule has 1 aromatic carbocycles. The van der Waals surface area contributed by atoms with Crippen LogP contribution in [0.5, 0.6) is 5.75 Å². The molecule has 2 rings (SSSR count). The summed E-state index contributed by atoms with van der Waals surface area (Å²) in [7, 11) is 0. The first-order chi connectivity index (χ1) is 7.22. The van der Waals surface area contributed by atoms with Crippen molar-refractivity contribution >= 4 is 0 Å². The molecule has 0 spiro atoms. The van der Waals surface area contributed by atoms with E-state index in [1.807, 2.05) is 0 Å². The van der Waals surface area contributed by atoms with E-state index >= 15 is 0 Å². The zero-order valence-electron chi connectivity index (χ0n) is 7.65. The lowest BCUT2D eigenvalue weighted by atomic mass is 10.0. The Morgan fingerprint density at radius 2 is 2.27 bits per heavy atom. The molecule has 1 aliphatic rings. The topological polar surface area (TPSA) is 58.0 Å². The number of azide groups is 1. The van der Waals surface area contributed by atoms with Gasteiger partial charge in [-0.05, 0) is 12.0 Å². The van der Waals surface area contributed by atoms with Crippen LogP contribution in [0.1, 0.15) is 18.0 Å². The third-order valence-corrected chi connectivity index (χ3v) is 2.23. The zero-order chi connectivity index (χ0) is 10.8. The summed E-state index contributed by atoms with van der Waals surface area (Å²) in [5.41, 5.74) is 8.45. The van der Waals surface area contributed by atoms with E-state index in [9.17, 15) is 8.78 Å². The monoisotopic (exact) mass is 211 g/mol. The molecule has 1 aliphatic heterocycles. The number of benzene rings is 1. The van der Waals surface area contributed by atoms with E-state index in [1.165, 1.54) is 0 Å². The third kappa shape index (κ3) is 1.71. The standard InChI is InChI=1S/C9H7F2N3O/c10-5-3-6(11)9-7(13-14-12)1-2-15-8(9)4-5/h3-4,7H,1-2H2. The average Bonchev–Trinajstić information content (AvgIpc) is 2.17. The minimum atomic E-state index is -0.734. The van der Waals surface area contributed by atoms with E-state index in [0.29, 0.717) is 13.0 Å². The highest BCUT2D eigenvalue weighted by Crippen LogP contribution is 2.37. The van der Waals surface area contributed by atoms with Crippen LogP contribution in [-0.2, 0) is 0 Å². The SMILES string of the molecule is [N-]=[N+]=NC1CCOc2cc(F)cc(F)c21. The van der Waals surface area contributed by atoms with Gasteiger partial charge in [-0.3, -0.25) is 0 Å². The maximum Gasteiger partial charge on any atom is 0.133 e. The van der Waals surface area contributed by atoms with E-state index in [2.05, 4.69) is 10.0 Å². The zero-order valence-corrected chi connectivity index (χ0v) is 7.65. The average molecular weight is 211 g/mol. The second-order valence-corrected chi connectivity index (χ2v) is 3.16. The van der Waals surface area contributed by atoms with Gasteiger partial charge in [-0.25, -0.2) is 8.78 Å². The molecule has 1 atom stereocenters. The van der Waals surface area contributed by atoms with Crippen molar-refractivity contribution in [2.75, 3.05) is 6.61 Å². The number of hydrogen-bond acceptors (Lipinski definition) is 2. The molecule has 0 fully saturated rings. The Morgan fingerprint density at radius 1 is 1.47 bits per heavy atom. The fraction of sp³-hybridized carbons (Fsp3) is 0.333. The van der Waals surface area contributed by atoms with Crippen LogP contribution in [0, 0.1) is 11.6 Å². The minimum absolute atomic E-state index is 0.121. The lowest BCUT2D eigenvalue weighted by Crippen LogP contribution is -2.14. The van der Waals surface area contributed by atoms with Crippen LogP contribution in [0.4, 0.5) is 8.78 Å². The van der Waals surface area contributed by atoms with Crippen molar-refractivity contribution in [3.05, 3.63) is 39.8 Å². The molecule has 0 amide bonds. The Labute approximate surface area is 84.1 Å². The minimum Gasteiger partial charge on any atom is -0.493 e. The first-order valence-electron chi connectivity index (χ1n) is 4.38. The van der Waals surface area contributed by atoms with E-state index in [4.69, 9.17) is 10.3 Å². The Balaban J connectivity index is 2.55. The van der Waals surface area contributed by atoms with Crippen LogP contribution in [0.15, 0.2) is 17.2 Å². The van der Waals surface area contributed by atoms with Gasteiger partial charge >= 0.3 is 0 Å². The van der Waals surface area contributed by atoms with Gasteiger partial charge in [-0.2, -0.15) is 0 Å².